The summed E-state index contributed by atoms with van der Waals surface area (Å²) in [5.41, 5.74) is 2.28. The molecular weight excluding hydrogens is 329 g/mol. The molecule has 0 aliphatic carbocycles. The second kappa shape index (κ2) is 6.44. The van der Waals surface area contributed by atoms with Gasteiger partial charge in [-0.05, 0) is 43.3 Å². The van der Waals surface area contributed by atoms with Gasteiger partial charge in [0.05, 0.1) is 11.1 Å². The summed E-state index contributed by atoms with van der Waals surface area (Å²) >= 11 is 0. The Hall–Kier alpha value is -3.47. The minimum absolute atomic E-state index is 0.168. The van der Waals surface area contributed by atoms with Gasteiger partial charge in [-0.2, -0.15) is 0 Å². The molecule has 0 saturated heterocycles. The highest BCUT2D eigenvalue weighted by Crippen LogP contribution is 2.25. The molecule has 0 spiro atoms. The number of pyridine rings is 2. The quantitative estimate of drug-likeness (QED) is 0.591. The molecule has 4 rings (SSSR count). The van der Waals surface area contributed by atoms with E-state index in [2.05, 4.69) is 10.3 Å². The summed E-state index contributed by atoms with van der Waals surface area (Å²) in [6, 6.07) is 21.0. The zero-order chi connectivity index (χ0) is 18.1. The highest BCUT2D eigenvalue weighted by Gasteiger charge is 2.13. The van der Waals surface area contributed by atoms with Gasteiger partial charge in [0.1, 0.15) is 17.3 Å². The van der Waals surface area contributed by atoms with Crippen molar-refractivity contribution in [3.8, 4) is 5.69 Å². The van der Waals surface area contributed by atoms with Gasteiger partial charge in [0, 0.05) is 17.4 Å². The number of nitrogens with zero attached hydrogens (tertiary/aromatic N) is 2. The van der Waals surface area contributed by atoms with E-state index in [1.165, 1.54) is 12.1 Å². The predicted molar refractivity (Wildman–Crippen MR) is 102 cm³/mol. The van der Waals surface area contributed by atoms with E-state index in [0.29, 0.717) is 22.5 Å². The van der Waals surface area contributed by atoms with Crippen molar-refractivity contribution in [2.75, 3.05) is 5.32 Å². The van der Waals surface area contributed by atoms with Gasteiger partial charge >= 0.3 is 0 Å². The molecule has 2 aromatic heterocycles. The number of anilines is 2. The molecule has 2 aromatic carbocycles. The molecule has 0 aliphatic rings. The molecule has 0 saturated carbocycles. The lowest BCUT2D eigenvalue weighted by Gasteiger charge is -2.18. The lowest BCUT2D eigenvalue weighted by atomic mass is 10.2. The van der Waals surface area contributed by atoms with Gasteiger partial charge in [-0.25, -0.2) is 9.37 Å². The number of fused-ring (bicyclic) bond motifs is 1. The Kier molecular flexibility index (Phi) is 3.97. The van der Waals surface area contributed by atoms with Crippen LogP contribution in [-0.2, 0) is 0 Å². The van der Waals surface area contributed by atoms with Gasteiger partial charge in [0.25, 0.3) is 0 Å². The van der Waals surface area contributed by atoms with E-state index >= 15 is 0 Å². The maximum atomic E-state index is 14.1. The van der Waals surface area contributed by atoms with Gasteiger partial charge in [-0.1, -0.05) is 30.3 Å². The van der Waals surface area contributed by atoms with Crippen LogP contribution in [0.5, 0.6) is 0 Å². The molecule has 26 heavy (non-hydrogen) atoms. The third kappa shape index (κ3) is 2.84. The fourth-order valence-corrected chi connectivity index (χ4v) is 2.92. The molecule has 0 atom stereocenters. The minimum atomic E-state index is -0.392. The van der Waals surface area contributed by atoms with E-state index in [9.17, 15) is 9.18 Å². The number of benzene rings is 2. The molecule has 5 heteroatoms. The second-order valence-corrected chi connectivity index (χ2v) is 5.99. The first-order chi connectivity index (χ1) is 12.6. The molecule has 0 fully saturated rings. The van der Waals surface area contributed by atoms with Crippen LogP contribution in [0.2, 0.25) is 0 Å². The van der Waals surface area contributed by atoms with Crippen molar-refractivity contribution in [2.24, 2.45) is 0 Å². The lowest BCUT2D eigenvalue weighted by Crippen LogP contribution is -2.14. The molecule has 0 unspecified atom stereocenters. The molecule has 0 amide bonds. The normalized spacial score (nSPS) is 10.8. The third-order valence-corrected chi connectivity index (χ3v) is 4.15. The molecule has 0 bridgehead atoms. The highest BCUT2D eigenvalue weighted by molar-refractivity contribution is 5.81. The fourth-order valence-electron chi connectivity index (χ4n) is 2.92. The third-order valence-electron chi connectivity index (χ3n) is 4.15. The topological polar surface area (TPSA) is 46.9 Å². The van der Waals surface area contributed by atoms with Gasteiger partial charge in [0.15, 0.2) is 5.43 Å². The first kappa shape index (κ1) is 16.0. The summed E-state index contributed by atoms with van der Waals surface area (Å²) in [4.78, 5) is 17.1. The first-order valence-electron chi connectivity index (χ1n) is 8.24. The van der Waals surface area contributed by atoms with E-state index in [4.69, 9.17) is 0 Å². The molecule has 2 heterocycles. The Labute approximate surface area is 149 Å². The smallest absolute Gasteiger partial charge is 0.193 e. The molecule has 1 N–H and O–H groups in total. The minimum Gasteiger partial charge on any atom is -0.339 e. The van der Waals surface area contributed by atoms with Crippen molar-refractivity contribution >= 4 is 22.5 Å². The number of aromatic nitrogens is 2. The van der Waals surface area contributed by atoms with E-state index in [-0.39, 0.29) is 5.43 Å². The van der Waals surface area contributed by atoms with Crippen LogP contribution in [0.1, 0.15) is 5.69 Å². The van der Waals surface area contributed by atoms with Crippen LogP contribution in [-0.4, -0.2) is 9.55 Å². The average molecular weight is 345 g/mol. The van der Waals surface area contributed by atoms with Crippen LogP contribution in [0.15, 0.2) is 77.6 Å². The summed E-state index contributed by atoms with van der Waals surface area (Å²) in [5.74, 6) is 0.0637. The number of hydrogen-bond donors (Lipinski definition) is 1. The summed E-state index contributed by atoms with van der Waals surface area (Å²) in [6.45, 7) is 1.87. The van der Waals surface area contributed by atoms with Crippen molar-refractivity contribution in [1.82, 2.24) is 9.55 Å². The van der Waals surface area contributed by atoms with Crippen molar-refractivity contribution in [1.29, 1.82) is 0 Å². The largest absolute Gasteiger partial charge is 0.339 e. The SMILES string of the molecule is Cc1ccc2c(=O)cc(Nc3ccccc3F)n(-c3ccccc3)c2n1. The van der Waals surface area contributed by atoms with Gasteiger partial charge < -0.3 is 5.32 Å². The number of hydrogen-bond acceptors (Lipinski definition) is 3. The lowest BCUT2D eigenvalue weighted by molar-refractivity contribution is 0.631. The van der Waals surface area contributed by atoms with Crippen LogP contribution in [0.25, 0.3) is 16.7 Å². The maximum Gasteiger partial charge on any atom is 0.193 e. The van der Waals surface area contributed by atoms with Gasteiger partial charge in [-0.3, -0.25) is 9.36 Å². The molecule has 0 radical (unpaired) electrons. The van der Waals surface area contributed by atoms with Crippen LogP contribution < -0.4 is 10.7 Å². The van der Waals surface area contributed by atoms with E-state index < -0.39 is 5.82 Å². The van der Waals surface area contributed by atoms with Crippen molar-refractivity contribution in [3.05, 3.63) is 94.5 Å². The molecular formula is C21H16FN3O. The summed E-state index contributed by atoms with van der Waals surface area (Å²) in [7, 11) is 0. The number of halogens is 1. The van der Waals surface area contributed by atoms with E-state index in [1.807, 2.05) is 47.9 Å². The number of aryl methyl sites for hydroxylation is 1. The van der Waals surface area contributed by atoms with Crippen molar-refractivity contribution in [3.63, 3.8) is 0 Å². The molecule has 4 nitrogen and oxygen atoms in total. The van der Waals surface area contributed by atoms with Crippen molar-refractivity contribution in [2.45, 2.75) is 6.92 Å². The van der Waals surface area contributed by atoms with E-state index in [0.717, 1.165) is 11.4 Å². The molecule has 0 aliphatic heterocycles. The Bertz CT molecular complexity index is 1150. The Morgan fingerprint density at radius 3 is 2.46 bits per heavy atom. The number of nitrogens with one attached hydrogen (secondary N) is 1. The van der Waals surface area contributed by atoms with Crippen LogP contribution >= 0.6 is 0 Å². The average Bonchev–Trinajstić information content (AvgIpc) is 2.64. The number of rotatable bonds is 3. The molecule has 128 valence electrons. The zero-order valence-corrected chi connectivity index (χ0v) is 14.1. The van der Waals surface area contributed by atoms with Crippen molar-refractivity contribution < 1.29 is 4.39 Å². The van der Waals surface area contributed by atoms with Gasteiger partial charge in [0.2, 0.25) is 0 Å². The van der Waals surface area contributed by atoms with Gasteiger partial charge in [-0.15, -0.1) is 0 Å². The van der Waals surface area contributed by atoms with Crippen LogP contribution in [0.4, 0.5) is 15.9 Å². The maximum absolute atomic E-state index is 14.1. The molecule has 4 aromatic rings. The summed E-state index contributed by atoms with van der Waals surface area (Å²) < 4.78 is 16.0. The summed E-state index contributed by atoms with van der Waals surface area (Å²) in [5, 5.41) is 3.55. The van der Waals surface area contributed by atoms with Crippen LogP contribution in [0, 0.1) is 12.7 Å². The highest BCUT2D eigenvalue weighted by atomic mass is 19.1. The Balaban J connectivity index is 2.03. The van der Waals surface area contributed by atoms with E-state index in [1.54, 1.807) is 24.3 Å². The standard InChI is InChI=1S/C21H16FN3O/c1-14-11-12-16-19(26)13-20(24-18-10-6-5-9-17(18)22)25(21(16)23-14)15-7-3-2-4-8-15/h2-13,24H,1H3. The van der Waals surface area contributed by atoms with Crippen LogP contribution in [0.3, 0.4) is 0 Å². The monoisotopic (exact) mass is 345 g/mol. The second-order valence-electron chi connectivity index (χ2n) is 5.99. The first-order valence-corrected chi connectivity index (χ1v) is 8.24. The number of para-hydroxylation sites is 2. The zero-order valence-electron chi connectivity index (χ0n) is 14.1. The predicted octanol–water partition coefficient (Wildman–Crippen LogP) is 4.58. The Morgan fingerprint density at radius 1 is 0.962 bits per heavy atom. The fraction of sp³-hybridized carbons (Fsp3) is 0.0476. The summed E-state index contributed by atoms with van der Waals surface area (Å²) in [6.07, 6.45) is 0. The Morgan fingerprint density at radius 2 is 1.69 bits per heavy atom.